The van der Waals surface area contributed by atoms with Gasteiger partial charge in [-0.05, 0) is 67.0 Å². The molecule has 0 aromatic carbocycles. The molecule has 3 fully saturated rings. The number of nitrogens with zero attached hydrogens (tertiary/aromatic N) is 3. The van der Waals surface area contributed by atoms with Gasteiger partial charge in [-0.25, -0.2) is 4.79 Å². The van der Waals surface area contributed by atoms with Crippen LogP contribution in [0.1, 0.15) is 53.9 Å². The summed E-state index contributed by atoms with van der Waals surface area (Å²) in [5.74, 6) is 0. The minimum Gasteiger partial charge on any atom is -0.449 e. The molecule has 0 N–H and O–H groups in total. The Balaban J connectivity index is 1.37. The van der Waals surface area contributed by atoms with Crippen molar-refractivity contribution in [1.82, 2.24) is 14.7 Å². The number of likely N-dealkylation sites (tertiary alicyclic amines) is 1. The lowest BCUT2D eigenvalue weighted by Crippen LogP contribution is -2.56. The van der Waals surface area contributed by atoms with E-state index in [2.05, 4.69) is 44.4 Å². The van der Waals surface area contributed by atoms with Gasteiger partial charge >= 0.3 is 6.09 Å². The van der Waals surface area contributed by atoms with Gasteiger partial charge in [0, 0.05) is 42.7 Å². The minimum absolute atomic E-state index is 0.0669. The van der Waals surface area contributed by atoms with E-state index in [1.807, 2.05) is 4.90 Å². The summed E-state index contributed by atoms with van der Waals surface area (Å²) in [6, 6.07) is 0. The van der Waals surface area contributed by atoms with Crippen LogP contribution in [-0.4, -0.2) is 91.0 Å². The monoisotopic (exact) mass is 381 g/mol. The molecule has 3 aliphatic rings. The largest absolute Gasteiger partial charge is 0.449 e. The third-order valence-electron chi connectivity index (χ3n) is 6.92. The van der Waals surface area contributed by atoms with Gasteiger partial charge in [-0.15, -0.1) is 0 Å². The Labute approximate surface area is 165 Å². The topological polar surface area (TPSA) is 45.2 Å². The zero-order chi connectivity index (χ0) is 19.7. The summed E-state index contributed by atoms with van der Waals surface area (Å²) in [5, 5.41) is 0. The van der Waals surface area contributed by atoms with Crippen molar-refractivity contribution in [2.45, 2.75) is 65.0 Å². The van der Waals surface area contributed by atoms with Crippen molar-refractivity contribution in [3.63, 3.8) is 0 Å². The van der Waals surface area contributed by atoms with E-state index < -0.39 is 0 Å². The lowest BCUT2D eigenvalue weighted by Gasteiger charge is -2.51. The first kappa shape index (κ1) is 20.9. The molecule has 0 saturated carbocycles. The Morgan fingerprint density at radius 3 is 2.00 bits per heavy atom. The standard InChI is InChI=1S/C21H39N3O3/c1-19(2,3)23-13-11-22(12-14-23)18(25)27-15-8-20(4,5)24-9-6-21(7-10-24)16-26-17-21/h6-17H2,1-5H3. The predicted octanol–water partition coefficient (Wildman–Crippen LogP) is 2.82. The maximum Gasteiger partial charge on any atom is 0.409 e. The lowest BCUT2D eigenvalue weighted by atomic mass is 9.75. The maximum atomic E-state index is 12.4. The van der Waals surface area contributed by atoms with Crippen LogP contribution in [0.3, 0.4) is 0 Å². The molecule has 0 aromatic heterocycles. The van der Waals surface area contributed by atoms with E-state index in [1.54, 1.807) is 0 Å². The SMILES string of the molecule is CC(C)(C)N1CCN(C(=O)OCCC(C)(C)N2CCC3(CC2)COC3)CC1. The Morgan fingerprint density at radius 1 is 0.926 bits per heavy atom. The zero-order valence-corrected chi connectivity index (χ0v) is 18.1. The number of hydrogen-bond acceptors (Lipinski definition) is 5. The van der Waals surface area contributed by atoms with Gasteiger partial charge < -0.3 is 14.4 Å². The van der Waals surface area contributed by atoms with E-state index in [0.29, 0.717) is 12.0 Å². The quantitative estimate of drug-likeness (QED) is 0.749. The fraction of sp³-hybridized carbons (Fsp3) is 0.952. The molecule has 0 aliphatic carbocycles. The molecule has 0 bridgehead atoms. The second kappa shape index (κ2) is 7.88. The van der Waals surface area contributed by atoms with E-state index in [1.165, 1.54) is 12.8 Å². The average Bonchev–Trinajstić information content (AvgIpc) is 2.59. The molecule has 3 rings (SSSR count). The molecular formula is C21H39N3O3. The highest BCUT2D eigenvalue weighted by molar-refractivity contribution is 5.67. The summed E-state index contributed by atoms with van der Waals surface area (Å²) >= 11 is 0. The molecule has 6 heteroatoms. The van der Waals surface area contributed by atoms with Crippen LogP contribution in [0.5, 0.6) is 0 Å². The summed E-state index contributed by atoms with van der Waals surface area (Å²) < 4.78 is 11.1. The van der Waals surface area contributed by atoms with Crippen molar-refractivity contribution in [3.8, 4) is 0 Å². The number of amides is 1. The predicted molar refractivity (Wildman–Crippen MR) is 107 cm³/mol. The van der Waals surface area contributed by atoms with Gasteiger partial charge in [0.2, 0.25) is 0 Å². The number of ether oxygens (including phenoxy) is 2. The van der Waals surface area contributed by atoms with Crippen LogP contribution in [0.25, 0.3) is 0 Å². The highest BCUT2D eigenvalue weighted by Crippen LogP contribution is 2.40. The molecule has 0 atom stereocenters. The first-order valence-corrected chi connectivity index (χ1v) is 10.6. The van der Waals surface area contributed by atoms with E-state index in [9.17, 15) is 4.79 Å². The Morgan fingerprint density at radius 2 is 1.52 bits per heavy atom. The molecule has 1 amide bonds. The molecule has 0 aromatic rings. The highest BCUT2D eigenvalue weighted by Gasteiger charge is 2.43. The summed E-state index contributed by atoms with van der Waals surface area (Å²) in [4.78, 5) is 19.3. The molecule has 156 valence electrons. The second-order valence-electron chi connectivity index (χ2n) is 10.3. The normalized spacial score (nSPS) is 24.7. The van der Waals surface area contributed by atoms with Gasteiger partial charge in [-0.2, -0.15) is 0 Å². The van der Waals surface area contributed by atoms with Gasteiger partial charge in [0.05, 0.1) is 19.8 Å². The van der Waals surface area contributed by atoms with Crippen molar-refractivity contribution in [2.24, 2.45) is 5.41 Å². The minimum atomic E-state index is -0.149. The third-order valence-corrected chi connectivity index (χ3v) is 6.92. The van der Waals surface area contributed by atoms with Crippen molar-refractivity contribution >= 4 is 6.09 Å². The summed E-state index contributed by atoms with van der Waals surface area (Å²) in [5.41, 5.74) is 0.699. The number of piperidine rings is 1. The molecule has 3 aliphatic heterocycles. The number of rotatable bonds is 4. The maximum absolute atomic E-state index is 12.4. The summed E-state index contributed by atoms with van der Waals surface area (Å²) in [6.45, 7) is 19.2. The molecule has 0 unspecified atom stereocenters. The van der Waals surface area contributed by atoms with Crippen molar-refractivity contribution < 1.29 is 14.3 Å². The van der Waals surface area contributed by atoms with Crippen LogP contribution in [-0.2, 0) is 9.47 Å². The van der Waals surface area contributed by atoms with Crippen LogP contribution >= 0.6 is 0 Å². The van der Waals surface area contributed by atoms with Crippen LogP contribution < -0.4 is 0 Å². The highest BCUT2D eigenvalue weighted by atomic mass is 16.6. The van der Waals surface area contributed by atoms with Gasteiger partial charge in [-0.1, -0.05) is 0 Å². The Kier molecular flexibility index (Phi) is 6.09. The summed E-state index contributed by atoms with van der Waals surface area (Å²) in [6.07, 6.45) is 3.19. The Hall–Kier alpha value is -0.850. The average molecular weight is 382 g/mol. The number of carbonyl (C=O) groups excluding carboxylic acids is 1. The van der Waals surface area contributed by atoms with Gasteiger partial charge in [0.15, 0.2) is 0 Å². The second-order valence-corrected chi connectivity index (χ2v) is 10.3. The number of hydrogen-bond donors (Lipinski definition) is 0. The first-order chi connectivity index (χ1) is 12.6. The number of carbonyl (C=O) groups is 1. The van der Waals surface area contributed by atoms with Crippen LogP contribution in [0, 0.1) is 5.41 Å². The van der Waals surface area contributed by atoms with Crippen molar-refractivity contribution in [2.75, 3.05) is 59.1 Å². The first-order valence-electron chi connectivity index (χ1n) is 10.6. The molecule has 0 radical (unpaired) electrons. The third kappa shape index (κ3) is 4.96. The van der Waals surface area contributed by atoms with Gasteiger partial charge in [0.1, 0.15) is 0 Å². The summed E-state index contributed by atoms with van der Waals surface area (Å²) in [7, 11) is 0. The Bertz CT molecular complexity index is 507. The molecular weight excluding hydrogens is 342 g/mol. The van der Waals surface area contributed by atoms with Crippen LogP contribution in [0.4, 0.5) is 4.79 Å². The number of piperazine rings is 1. The van der Waals surface area contributed by atoms with Crippen LogP contribution in [0.2, 0.25) is 0 Å². The molecule has 6 nitrogen and oxygen atoms in total. The van der Waals surface area contributed by atoms with Gasteiger partial charge in [0.25, 0.3) is 0 Å². The molecule has 1 spiro atoms. The molecule has 27 heavy (non-hydrogen) atoms. The van der Waals surface area contributed by atoms with Crippen LogP contribution in [0.15, 0.2) is 0 Å². The molecule has 3 heterocycles. The smallest absolute Gasteiger partial charge is 0.409 e. The van der Waals surface area contributed by atoms with E-state index in [4.69, 9.17) is 9.47 Å². The lowest BCUT2D eigenvalue weighted by molar-refractivity contribution is -0.147. The van der Waals surface area contributed by atoms with Crippen molar-refractivity contribution in [3.05, 3.63) is 0 Å². The molecule has 3 saturated heterocycles. The van der Waals surface area contributed by atoms with Crippen molar-refractivity contribution in [1.29, 1.82) is 0 Å². The fourth-order valence-electron chi connectivity index (χ4n) is 4.46. The van der Waals surface area contributed by atoms with E-state index in [-0.39, 0.29) is 17.2 Å². The fourth-order valence-corrected chi connectivity index (χ4v) is 4.46. The van der Waals surface area contributed by atoms with E-state index >= 15 is 0 Å². The van der Waals surface area contributed by atoms with Gasteiger partial charge in [-0.3, -0.25) is 9.80 Å². The zero-order valence-electron chi connectivity index (χ0n) is 18.1. The van der Waals surface area contributed by atoms with E-state index in [0.717, 1.165) is 58.9 Å².